The average molecular weight is 455 g/mol. The number of nitrogens with one attached hydrogen (secondary N) is 1. The molecule has 1 atom stereocenters. The Hall–Kier alpha value is -3.38. The van der Waals surface area contributed by atoms with Crippen molar-refractivity contribution in [1.29, 1.82) is 0 Å². The minimum atomic E-state index is -0.775. The van der Waals surface area contributed by atoms with Crippen molar-refractivity contribution in [2.75, 3.05) is 13.7 Å². The molecule has 0 saturated carbocycles. The number of carbonyl (C=O) groups excluding carboxylic acids is 2. The molecule has 0 spiro atoms. The van der Waals surface area contributed by atoms with Gasteiger partial charge in [0.05, 0.1) is 0 Å². The van der Waals surface area contributed by atoms with Crippen LogP contribution in [0.3, 0.4) is 0 Å². The summed E-state index contributed by atoms with van der Waals surface area (Å²) in [4.78, 5) is 27.5. The van der Waals surface area contributed by atoms with Crippen molar-refractivity contribution < 1.29 is 18.7 Å². The van der Waals surface area contributed by atoms with Crippen LogP contribution in [0.5, 0.6) is 5.75 Å². The summed E-state index contributed by atoms with van der Waals surface area (Å²) in [5.41, 5.74) is 1.61. The number of nitrogens with zero attached hydrogens (tertiary/aromatic N) is 1. The van der Waals surface area contributed by atoms with Gasteiger partial charge in [0.15, 0.2) is 6.61 Å². The lowest BCUT2D eigenvalue weighted by Gasteiger charge is -2.31. The summed E-state index contributed by atoms with van der Waals surface area (Å²) in [5, 5.41) is 3.14. The van der Waals surface area contributed by atoms with Crippen LogP contribution in [0.1, 0.15) is 11.1 Å². The molecule has 0 saturated heterocycles. The van der Waals surface area contributed by atoms with E-state index < -0.39 is 6.04 Å². The van der Waals surface area contributed by atoms with Gasteiger partial charge in [-0.3, -0.25) is 9.59 Å². The highest BCUT2D eigenvalue weighted by atomic mass is 35.5. The molecule has 7 heteroatoms. The van der Waals surface area contributed by atoms with Gasteiger partial charge < -0.3 is 15.0 Å². The molecule has 0 bridgehead atoms. The first-order valence-electron chi connectivity index (χ1n) is 10.1. The number of hydrogen-bond donors (Lipinski definition) is 1. The third kappa shape index (κ3) is 6.56. The lowest BCUT2D eigenvalue weighted by atomic mass is 10.0. The Kier molecular flexibility index (Phi) is 8.22. The van der Waals surface area contributed by atoms with Crippen LogP contribution in [0.4, 0.5) is 4.39 Å². The Morgan fingerprint density at radius 2 is 1.72 bits per heavy atom. The summed E-state index contributed by atoms with van der Waals surface area (Å²) in [6.45, 7) is -0.146. The molecule has 5 nitrogen and oxygen atoms in total. The molecule has 3 rings (SSSR count). The highest BCUT2D eigenvalue weighted by Gasteiger charge is 2.30. The fourth-order valence-corrected chi connectivity index (χ4v) is 3.47. The first-order valence-corrected chi connectivity index (χ1v) is 10.5. The zero-order valence-electron chi connectivity index (χ0n) is 17.6. The van der Waals surface area contributed by atoms with Gasteiger partial charge in [-0.25, -0.2) is 4.39 Å². The number of carbonyl (C=O) groups is 2. The molecule has 166 valence electrons. The van der Waals surface area contributed by atoms with Gasteiger partial charge in [0, 0.05) is 25.0 Å². The third-order valence-electron chi connectivity index (χ3n) is 4.94. The van der Waals surface area contributed by atoms with Crippen molar-refractivity contribution in [3.05, 3.63) is 101 Å². The number of rotatable bonds is 9. The van der Waals surface area contributed by atoms with E-state index in [9.17, 15) is 14.0 Å². The second-order valence-corrected chi connectivity index (χ2v) is 7.65. The van der Waals surface area contributed by atoms with Crippen molar-refractivity contribution >= 4 is 23.4 Å². The summed E-state index contributed by atoms with van der Waals surface area (Å²) >= 11 is 5.98. The molecule has 32 heavy (non-hydrogen) atoms. The van der Waals surface area contributed by atoms with Gasteiger partial charge in [0.2, 0.25) is 5.91 Å². The van der Waals surface area contributed by atoms with Crippen molar-refractivity contribution in [2.45, 2.75) is 19.0 Å². The van der Waals surface area contributed by atoms with Crippen LogP contribution in [0, 0.1) is 5.82 Å². The molecule has 0 radical (unpaired) electrons. The topological polar surface area (TPSA) is 58.6 Å². The Morgan fingerprint density at radius 1 is 1.00 bits per heavy atom. The van der Waals surface area contributed by atoms with Crippen molar-refractivity contribution in [3.63, 3.8) is 0 Å². The van der Waals surface area contributed by atoms with Crippen LogP contribution >= 0.6 is 11.6 Å². The van der Waals surface area contributed by atoms with E-state index in [1.807, 2.05) is 30.3 Å². The fourth-order valence-electron chi connectivity index (χ4n) is 3.29. The molecule has 0 aliphatic heterocycles. The van der Waals surface area contributed by atoms with Crippen LogP contribution in [0.15, 0.2) is 78.9 Å². The SMILES string of the molecule is CNC(=O)[C@H](Cc1ccccc1)N(Cc1ccc(F)cc1)C(=O)COc1cccc(Cl)c1. The first-order chi connectivity index (χ1) is 15.5. The van der Waals surface area contributed by atoms with E-state index in [1.54, 1.807) is 36.4 Å². The van der Waals surface area contributed by atoms with Gasteiger partial charge in [-0.2, -0.15) is 0 Å². The third-order valence-corrected chi connectivity index (χ3v) is 5.18. The van der Waals surface area contributed by atoms with Gasteiger partial charge in [0.1, 0.15) is 17.6 Å². The maximum atomic E-state index is 13.4. The predicted molar refractivity (Wildman–Crippen MR) is 122 cm³/mol. The molecule has 0 aliphatic rings. The summed E-state index contributed by atoms with van der Waals surface area (Å²) in [6, 6.07) is 21.3. The maximum absolute atomic E-state index is 13.4. The van der Waals surface area contributed by atoms with Gasteiger partial charge in [-0.15, -0.1) is 0 Å². The quantitative estimate of drug-likeness (QED) is 0.526. The van der Waals surface area contributed by atoms with E-state index >= 15 is 0 Å². The van der Waals surface area contributed by atoms with E-state index in [2.05, 4.69) is 5.32 Å². The molecular formula is C25H24ClFN2O3. The molecule has 0 unspecified atom stereocenters. The van der Waals surface area contributed by atoms with Crippen LogP contribution in [0.25, 0.3) is 0 Å². The van der Waals surface area contributed by atoms with E-state index in [-0.39, 0.29) is 30.8 Å². The summed E-state index contributed by atoms with van der Waals surface area (Å²) in [6.07, 6.45) is 0.324. The zero-order valence-corrected chi connectivity index (χ0v) is 18.4. The highest BCUT2D eigenvalue weighted by Crippen LogP contribution is 2.19. The molecule has 0 aliphatic carbocycles. The number of ether oxygens (including phenoxy) is 1. The number of hydrogen-bond acceptors (Lipinski definition) is 3. The van der Waals surface area contributed by atoms with Gasteiger partial charge >= 0.3 is 0 Å². The Labute approximate surface area is 191 Å². The molecular weight excluding hydrogens is 431 g/mol. The number of likely N-dealkylation sites (N-methyl/N-ethyl adjacent to an activating group) is 1. The first kappa shape index (κ1) is 23.3. The Balaban J connectivity index is 1.86. The van der Waals surface area contributed by atoms with Crippen molar-refractivity contribution in [2.24, 2.45) is 0 Å². The number of halogens is 2. The summed E-state index contributed by atoms with van der Waals surface area (Å²) < 4.78 is 19.0. The molecule has 2 amide bonds. The number of benzene rings is 3. The standard InChI is InChI=1S/C25H24ClFN2O3/c1-28-25(31)23(14-18-6-3-2-4-7-18)29(16-19-10-12-21(27)13-11-19)24(30)17-32-22-9-5-8-20(26)15-22/h2-13,15,23H,14,16-17H2,1H3,(H,28,31)/t23-/m0/s1. The summed E-state index contributed by atoms with van der Waals surface area (Å²) in [5.74, 6) is -0.596. The lowest BCUT2D eigenvalue weighted by molar-refractivity contribution is -0.142. The van der Waals surface area contributed by atoms with E-state index in [1.165, 1.54) is 24.1 Å². The smallest absolute Gasteiger partial charge is 0.261 e. The minimum Gasteiger partial charge on any atom is -0.484 e. The van der Waals surface area contributed by atoms with Gasteiger partial charge in [-0.1, -0.05) is 60.1 Å². The number of amides is 2. The fraction of sp³-hybridized carbons (Fsp3) is 0.200. The zero-order chi connectivity index (χ0) is 22.9. The lowest BCUT2D eigenvalue weighted by Crippen LogP contribution is -2.51. The largest absolute Gasteiger partial charge is 0.484 e. The Morgan fingerprint density at radius 3 is 2.38 bits per heavy atom. The molecule has 0 fully saturated rings. The van der Waals surface area contributed by atoms with Crippen molar-refractivity contribution in [3.8, 4) is 5.75 Å². The predicted octanol–water partition coefficient (Wildman–Crippen LogP) is 4.24. The minimum absolute atomic E-state index is 0.128. The van der Waals surface area contributed by atoms with Crippen LogP contribution in [-0.4, -0.2) is 36.4 Å². The maximum Gasteiger partial charge on any atom is 0.261 e. The Bertz CT molecular complexity index is 1040. The molecule has 1 N–H and O–H groups in total. The normalized spacial score (nSPS) is 11.5. The second kappa shape index (κ2) is 11.3. The molecule has 0 heterocycles. The van der Waals surface area contributed by atoms with Crippen molar-refractivity contribution in [1.82, 2.24) is 10.2 Å². The van der Waals surface area contributed by atoms with E-state index in [4.69, 9.17) is 16.3 Å². The van der Waals surface area contributed by atoms with Gasteiger partial charge in [-0.05, 0) is 41.5 Å². The van der Waals surface area contributed by atoms with Crippen LogP contribution in [-0.2, 0) is 22.6 Å². The second-order valence-electron chi connectivity index (χ2n) is 7.21. The molecule has 0 aromatic heterocycles. The van der Waals surface area contributed by atoms with Gasteiger partial charge in [0.25, 0.3) is 5.91 Å². The summed E-state index contributed by atoms with van der Waals surface area (Å²) in [7, 11) is 1.53. The molecule has 3 aromatic rings. The van der Waals surface area contributed by atoms with Crippen LogP contribution in [0.2, 0.25) is 5.02 Å². The molecule has 3 aromatic carbocycles. The monoisotopic (exact) mass is 454 g/mol. The van der Waals surface area contributed by atoms with E-state index in [0.717, 1.165) is 5.56 Å². The van der Waals surface area contributed by atoms with Crippen LogP contribution < -0.4 is 10.1 Å². The average Bonchev–Trinajstić information content (AvgIpc) is 2.81. The highest BCUT2D eigenvalue weighted by molar-refractivity contribution is 6.30. The van der Waals surface area contributed by atoms with E-state index in [0.29, 0.717) is 22.8 Å².